The fraction of sp³-hybridized carbons (Fsp3) is 0.370. The van der Waals surface area contributed by atoms with Crippen molar-refractivity contribution in [3.8, 4) is 0 Å². The molecule has 5 heteroatoms. The summed E-state index contributed by atoms with van der Waals surface area (Å²) < 4.78 is 13.2. The van der Waals surface area contributed by atoms with E-state index < -0.39 is 0 Å². The standard InChI is InChI=1S/C27H29ClFN3/c28-21-7-11-26-25(18-21)27(19-23(30-26)10-6-20-4-8-22(29)9-5-20)32-16-12-24(13-17-32)31-14-2-1-3-15-31/h4-11,18-19,24H,1-3,12-17H2/b10-6+. The van der Waals surface area contributed by atoms with E-state index in [1.54, 1.807) is 12.1 Å². The minimum Gasteiger partial charge on any atom is -0.371 e. The van der Waals surface area contributed by atoms with Gasteiger partial charge in [0.25, 0.3) is 0 Å². The number of hydrogen-bond donors (Lipinski definition) is 0. The smallest absolute Gasteiger partial charge is 0.123 e. The highest BCUT2D eigenvalue weighted by molar-refractivity contribution is 6.31. The summed E-state index contributed by atoms with van der Waals surface area (Å²) in [5, 5.41) is 1.84. The van der Waals surface area contributed by atoms with Crippen LogP contribution in [-0.2, 0) is 0 Å². The van der Waals surface area contributed by atoms with Gasteiger partial charge in [-0.25, -0.2) is 9.37 Å². The van der Waals surface area contributed by atoms with Crippen molar-refractivity contribution >= 4 is 40.3 Å². The van der Waals surface area contributed by atoms with E-state index in [1.807, 2.05) is 30.4 Å². The van der Waals surface area contributed by atoms with Gasteiger partial charge >= 0.3 is 0 Å². The lowest BCUT2D eigenvalue weighted by molar-refractivity contribution is 0.141. The molecule has 3 nitrogen and oxygen atoms in total. The average molecular weight is 450 g/mol. The molecule has 0 spiro atoms. The van der Waals surface area contributed by atoms with Crippen molar-refractivity contribution < 1.29 is 4.39 Å². The summed E-state index contributed by atoms with van der Waals surface area (Å²) in [5.41, 5.74) is 4.00. The Balaban J connectivity index is 1.41. The van der Waals surface area contributed by atoms with Crippen LogP contribution in [0.1, 0.15) is 43.4 Å². The van der Waals surface area contributed by atoms with Crippen molar-refractivity contribution in [3.63, 3.8) is 0 Å². The topological polar surface area (TPSA) is 19.4 Å². The van der Waals surface area contributed by atoms with Crippen LogP contribution >= 0.6 is 11.6 Å². The Labute approximate surface area is 194 Å². The highest BCUT2D eigenvalue weighted by Crippen LogP contribution is 2.32. The van der Waals surface area contributed by atoms with Crippen molar-refractivity contribution in [2.24, 2.45) is 0 Å². The summed E-state index contributed by atoms with van der Waals surface area (Å²) in [6.45, 7) is 4.62. The zero-order chi connectivity index (χ0) is 21.9. The van der Waals surface area contributed by atoms with E-state index in [4.69, 9.17) is 16.6 Å². The number of aromatic nitrogens is 1. The first-order valence-electron chi connectivity index (χ1n) is 11.7. The SMILES string of the molecule is Fc1ccc(/C=C/c2cc(N3CCC(N4CCCCC4)CC3)c3cc(Cl)ccc3n2)cc1. The fourth-order valence-corrected chi connectivity index (χ4v) is 5.23. The molecule has 2 aliphatic heterocycles. The monoisotopic (exact) mass is 449 g/mol. The molecule has 3 aromatic rings. The van der Waals surface area contributed by atoms with Crippen LogP contribution in [0.5, 0.6) is 0 Å². The van der Waals surface area contributed by atoms with E-state index in [1.165, 1.54) is 63.0 Å². The summed E-state index contributed by atoms with van der Waals surface area (Å²) in [4.78, 5) is 10.0. The second kappa shape index (κ2) is 9.60. The maximum Gasteiger partial charge on any atom is 0.123 e. The molecule has 0 atom stereocenters. The summed E-state index contributed by atoms with van der Waals surface area (Å²) >= 11 is 6.35. The first-order valence-corrected chi connectivity index (χ1v) is 12.1. The lowest BCUT2D eigenvalue weighted by Gasteiger charge is -2.41. The third kappa shape index (κ3) is 4.82. The van der Waals surface area contributed by atoms with E-state index >= 15 is 0 Å². The van der Waals surface area contributed by atoms with Gasteiger partial charge in [-0.05, 0) is 86.8 Å². The van der Waals surface area contributed by atoms with Crippen LogP contribution in [0.4, 0.5) is 10.1 Å². The Kier molecular flexibility index (Phi) is 6.42. The fourth-order valence-electron chi connectivity index (χ4n) is 5.06. The average Bonchev–Trinajstić information content (AvgIpc) is 2.84. The molecule has 2 aromatic carbocycles. The Morgan fingerprint density at radius 2 is 1.62 bits per heavy atom. The van der Waals surface area contributed by atoms with Crippen molar-refractivity contribution in [2.75, 3.05) is 31.1 Å². The zero-order valence-corrected chi connectivity index (χ0v) is 19.1. The van der Waals surface area contributed by atoms with Crippen LogP contribution < -0.4 is 4.90 Å². The number of pyridine rings is 1. The summed E-state index contributed by atoms with van der Waals surface area (Å²) in [7, 11) is 0. The van der Waals surface area contributed by atoms with E-state index in [0.29, 0.717) is 6.04 Å². The molecule has 2 aliphatic rings. The van der Waals surface area contributed by atoms with Crippen LogP contribution in [0.3, 0.4) is 0 Å². The molecule has 5 rings (SSSR count). The minimum absolute atomic E-state index is 0.224. The molecule has 1 aromatic heterocycles. The molecule has 0 N–H and O–H groups in total. The van der Waals surface area contributed by atoms with Gasteiger partial charge < -0.3 is 9.80 Å². The Hall–Kier alpha value is -2.43. The lowest BCUT2D eigenvalue weighted by Crippen LogP contribution is -2.46. The molecule has 0 amide bonds. The molecular formula is C27H29ClFN3. The maximum atomic E-state index is 13.2. The normalized spacial score (nSPS) is 18.6. The third-order valence-electron chi connectivity index (χ3n) is 6.80. The molecule has 0 unspecified atom stereocenters. The van der Waals surface area contributed by atoms with Crippen molar-refractivity contribution in [3.05, 3.63) is 70.6 Å². The number of nitrogens with zero attached hydrogens (tertiary/aromatic N) is 3. The van der Waals surface area contributed by atoms with Crippen LogP contribution in [0, 0.1) is 5.82 Å². The summed E-state index contributed by atoms with van der Waals surface area (Å²) in [6.07, 6.45) is 10.5. The predicted molar refractivity (Wildman–Crippen MR) is 133 cm³/mol. The molecule has 0 aliphatic carbocycles. The third-order valence-corrected chi connectivity index (χ3v) is 7.03. The molecule has 0 saturated carbocycles. The number of likely N-dealkylation sites (tertiary alicyclic amines) is 1. The van der Waals surface area contributed by atoms with Crippen LogP contribution in [0.2, 0.25) is 5.02 Å². The Bertz CT molecular complexity index is 1100. The molecule has 2 fully saturated rings. The van der Waals surface area contributed by atoms with E-state index in [9.17, 15) is 4.39 Å². The zero-order valence-electron chi connectivity index (χ0n) is 18.3. The number of hydrogen-bond acceptors (Lipinski definition) is 3. The molecule has 32 heavy (non-hydrogen) atoms. The van der Waals surface area contributed by atoms with Crippen LogP contribution in [0.25, 0.3) is 23.1 Å². The first-order chi connectivity index (χ1) is 15.7. The molecular weight excluding hydrogens is 421 g/mol. The van der Waals surface area contributed by atoms with Crippen molar-refractivity contribution in [2.45, 2.75) is 38.1 Å². The van der Waals surface area contributed by atoms with E-state index in [2.05, 4.69) is 15.9 Å². The first kappa shape index (κ1) is 21.4. The number of fused-ring (bicyclic) bond motifs is 1. The van der Waals surface area contributed by atoms with Gasteiger partial charge in [-0.15, -0.1) is 0 Å². The second-order valence-corrected chi connectivity index (χ2v) is 9.36. The highest BCUT2D eigenvalue weighted by Gasteiger charge is 2.26. The quantitative estimate of drug-likeness (QED) is 0.444. The largest absolute Gasteiger partial charge is 0.371 e. The van der Waals surface area contributed by atoms with Gasteiger partial charge in [0, 0.05) is 35.2 Å². The van der Waals surface area contributed by atoms with Crippen LogP contribution in [0.15, 0.2) is 48.5 Å². The van der Waals surface area contributed by atoms with Crippen molar-refractivity contribution in [1.29, 1.82) is 0 Å². The summed E-state index contributed by atoms with van der Waals surface area (Å²) in [5.74, 6) is -0.224. The number of benzene rings is 2. The van der Waals surface area contributed by atoms with Gasteiger partial charge in [-0.1, -0.05) is 36.2 Å². The van der Waals surface area contributed by atoms with Gasteiger partial charge in [0.2, 0.25) is 0 Å². The Morgan fingerprint density at radius 3 is 2.38 bits per heavy atom. The molecule has 0 bridgehead atoms. The predicted octanol–water partition coefficient (Wildman–Crippen LogP) is 6.65. The number of halogens is 2. The van der Waals surface area contributed by atoms with E-state index in [-0.39, 0.29) is 5.82 Å². The minimum atomic E-state index is -0.224. The molecule has 0 radical (unpaired) electrons. The number of anilines is 1. The maximum absolute atomic E-state index is 13.2. The van der Waals surface area contributed by atoms with E-state index in [0.717, 1.165) is 40.3 Å². The lowest BCUT2D eigenvalue weighted by atomic mass is 9.99. The van der Waals surface area contributed by atoms with Gasteiger partial charge in [-0.3, -0.25) is 0 Å². The van der Waals surface area contributed by atoms with Crippen LogP contribution in [-0.4, -0.2) is 42.1 Å². The summed E-state index contributed by atoms with van der Waals surface area (Å²) in [6, 6.07) is 15.3. The molecule has 3 heterocycles. The molecule has 166 valence electrons. The van der Waals surface area contributed by atoms with Gasteiger partial charge in [0.15, 0.2) is 0 Å². The van der Waals surface area contributed by atoms with Crippen molar-refractivity contribution in [1.82, 2.24) is 9.88 Å². The van der Waals surface area contributed by atoms with Gasteiger partial charge in [-0.2, -0.15) is 0 Å². The van der Waals surface area contributed by atoms with Gasteiger partial charge in [0.05, 0.1) is 11.2 Å². The number of piperidine rings is 2. The number of rotatable bonds is 4. The van der Waals surface area contributed by atoms with Gasteiger partial charge in [0.1, 0.15) is 5.82 Å². The highest BCUT2D eigenvalue weighted by atomic mass is 35.5. The second-order valence-electron chi connectivity index (χ2n) is 8.93. The Morgan fingerprint density at radius 1 is 0.875 bits per heavy atom. The molecule has 2 saturated heterocycles.